The zero-order valence-electron chi connectivity index (χ0n) is 10.1. The van der Waals surface area contributed by atoms with Gasteiger partial charge in [0.1, 0.15) is 17.3 Å². The second kappa shape index (κ2) is 6.06. The minimum atomic E-state index is -1.15. The molecule has 0 unspecified atom stereocenters. The molecule has 19 heavy (non-hydrogen) atoms. The summed E-state index contributed by atoms with van der Waals surface area (Å²) in [7, 11) is 0. The van der Waals surface area contributed by atoms with Crippen LogP contribution in [-0.4, -0.2) is 35.7 Å². The summed E-state index contributed by atoms with van der Waals surface area (Å²) in [5.74, 6) is -0.772. The average molecular weight is 285 g/mol. The molecule has 1 saturated heterocycles. The standard InChI is InChI=1S/C13H13F2NO2S/c14-10-7-9(1-2-12(17)18)8-11(15)13(10)16-3-5-19-6-4-16/h1-2,7-8H,3-6H2,(H,17,18)/b2-1+. The smallest absolute Gasteiger partial charge is 0.328 e. The Balaban J connectivity index is 2.28. The fourth-order valence-corrected chi connectivity index (χ4v) is 2.84. The van der Waals surface area contributed by atoms with Crippen LogP contribution >= 0.6 is 11.8 Å². The van der Waals surface area contributed by atoms with Gasteiger partial charge in [0.15, 0.2) is 0 Å². The largest absolute Gasteiger partial charge is 0.478 e. The number of thioether (sulfide) groups is 1. The summed E-state index contributed by atoms with van der Waals surface area (Å²) in [5, 5.41) is 8.49. The predicted molar refractivity (Wildman–Crippen MR) is 72.6 cm³/mol. The molecule has 0 saturated carbocycles. The fraction of sp³-hybridized carbons (Fsp3) is 0.308. The van der Waals surface area contributed by atoms with Gasteiger partial charge in [0.25, 0.3) is 0 Å². The van der Waals surface area contributed by atoms with E-state index in [1.165, 1.54) is 6.08 Å². The van der Waals surface area contributed by atoms with Gasteiger partial charge in [0.2, 0.25) is 0 Å². The van der Waals surface area contributed by atoms with Gasteiger partial charge in [-0.05, 0) is 23.8 Å². The van der Waals surface area contributed by atoms with Crippen molar-refractivity contribution in [3.8, 4) is 0 Å². The topological polar surface area (TPSA) is 40.5 Å². The van der Waals surface area contributed by atoms with Gasteiger partial charge in [0.05, 0.1) is 0 Å². The van der Waals surface area contributed by atoms with Crippen molar-refractivity contribution in [3.05, 3.63) is 35.4 Å². The Morgan fingerprint density at radius 1 is 1.26 bits per heavy atom. The minimum absolute atomic E-state index is 0.0206. The number of rotatable bonds is 3. The molecule has 1 fully saturated rings. The zero-order valence-corrected chi connectivity index (χ0v) is 10.9. The van der Waals surface area contributed by atoms with E-state index in [9.17, 15) is 13.6 Å². The summed E-state index contributed by atoms with van der Waals surface area (Å²) >= 11 is 1.76. The van der Waals surface area contributed by atoms with E-state index in [2.05, 4.69) is 0 Å². The first-order valence-corrected chi connectivity index (χ1v) is 6.96. The second-order valence-electron chi connectivity index (χ2n) is 4.10. The molecule has 1 N–H and O–H groups in total. The van der Waals surface area contributed by atoms with E-state index < -0.39 is 17.6 Å². The summed E-state index contributed by atoms with van der Waals surface area (Å²) < 4.78 is 27.9. The van der Waals surface area contributed by atoms with Crippen LogP contribution < -0.4 is 4.90 Å². The lowest BCUT2D eigenvalue weighted by Crippen LogP contribution is -2.33. The van der Waals surface area contributed by atoms with Crippen LogP contribution in [0.5, 0.6) is 0 Å². The molecule has 1 aromatic rings. The van der Waals surface area contributed by atoms with Crippen molar-refractivity contribution in [1.29, 1.82) is 0 Å². The van der Waals surface area contributed by atoms with Crippen LogP contribution in [0.15, 0.2) is 18.2 Å². The van der Waals surface area contributed by atoms with Crippen LogP contribution in [0.4, 0.5) is 14.5 Å². The Labute approximate surface area is 113 Å². The molecule has 0 atom stereocenters. The number of nitrogens with zero attached hydrogens (tertiary/aromatic N) is 1. The highest BCUT2D eigenvalue weighted by Gasteiger charge is 2.19. The summed E-state index contributed by atoms with van der Waals surface area (Å²) in [5.41, 5.74) is 0.181. The van der Waals surface area contributed by atoms with E-state index >= 15 is 0 Å². The molecule has 0 amide bonds. The van der Waals surface area contributed by atoms with E-state index in [0.29, 0.717) is 13.1 Å². The van der Waals surface area contributed by atoms with E-state index in [4.69, 9.17) is 5.11 Å². The molecule has 0 aromatic heterocycles. The fourth-order valence-electron chi connectivity index (χ4n) is 1.94. The lowest BCUT2D eigenvalue weighted by atomic mass is 10.1. The van der Waals surface area contributed by atoms with E-state index in [1.807, 2.05) is 0 Å². The number of hydrogen-bond donors (Lipinski definition) is 1. The van der Waals surface area contributed by atoms with Crippen molar-refractivity contribution < 1.29 is 18.7 Å². The monoisotopic (exact) mass is 285 g/mol. The van der Waals surface area contributed by atoms with Crippen molar-refractivity contribution in [2.75, 3.05) is 29.5 Å². The third kappa shape index (κ3) is 3.47. The molecule has 102 valence electrons. The Morgan fingerprint density at radius 3 is 2.37 bits per heavy atom. The highest BCUT2D eigenvalue weighted by Crippen LogP contribution is 2.27. The van der Waals surface area contributed by atoms with Crippen LogP contribution in [0.2, 0.25) is 0 Å². The van der Waals surface area contributed by atoms with Crippen molar-refractivity contribution in [1.82, 2.24) is 0 Å². The molecule has 0 spiro atoms. The maximum Gasteiger partial charge on any atom is 0.328 e. The van der Waals surface area contributed by atoms with Gasteiger partial charge in [-0.25, -0.2) is 13.6 Å². The molecule has 1 aliphatic heterocycles. The van der Waals surface area contributed by atoms with Crippen molar-refractivity contribution in [2.24, 2.45) is 0 Å². The first-order valence-electron chi connectivity index (χ1n) is 5.80. The first-order chi connectivity index (χ1) is 9.08. The number of carboxylic acid groups (broad SMARTS) is 1. The maximum atomic E-state index is 14.0. The minimum Gasteiger partial charge on any atom is -0.478 e. The summed E-state index contributed by atoms with van der Waals surface area (Å²) in [6.07, 6.45) is 2.02. The number of anilines is 1. The zero-order chi connectivity index (χ0) is 13.8. The molecule has 0 aliphatic carbocycles. The highest BCUT2D eigenvalue weighted by atomic mass is 32.2. The SMILES string of the molecule is O=C(O)/C=C/c1cc(F)c(N2CCSCC2)c(F)c1. The van der Waals surface area contributed by atoms with Crippen LogP contribution in [0.25, 0.3) is 6.08 Å². The third-order valence-electron chi connectivity index (χ3n) is 2.78. The molecule has 0 radical (unpaired) electrons. The second-order valence-corrected chi connectivity index (χ2v) is 5.33. The number of halogens is 2. The lowest BCUT2D eigenvalue weighted by molar-refractivity contribution is -0.131. The number of hydrogen-bond acceptors (Lipinski definition) is 3. The van der Waals surface area contributed by atoms with Gasteiger partial charge >= 0.3 is 5.97 Å². The van der Waals surface area contributed by atoms with Crippen molar-refractivity contribution >= 4 is 29.5 Å². The van der Waals surface area contributed by atoms with Gasteiger partial charge in [-0.2, -0.15) is 11.8 Å². The molecule has 0 bridgehead atoms. The summed E-state index contributed by atoms with van der Waals surface area (Å²) in [6, 6.07) is 2.30. The maximum absolute atomic E-state index is 14.0. The third-order valence-corrected chi connectivity index (χ3v) is 3.73. The lowest BCUT2D eigenvalue weighted by Gasteiger charge is -2.29. The summed E-state index contributed by atoms with van der Waals surface area (Å²) in [6.45, 7) is 1.23. The van der Waals surface area contributed by atoms with Gasteiger partial charge in [-0.15, -0.1) is 0 Å². The van der Waals surface area contributed by atoms with Gasteiger partial charge in [-0.3, -0.25) is 0 Å². The normalized spacial score (nSPS) is 16.0. The Bertz CT molecular complexity index is 490. The van der Waals surface area contributed by atoms with E-state index in [1.54, 1.807) is 16.7 Å². The average Bonchev–Trinajstić information content (AvgIpc) is 2.37. The van der Waals surface area contributed by atoms with Crippen LogP contribution in [0, 0.1) is 11.6 Å². The van der Waals surface area contributed by atoms with Crippen molar-refractivity contribution in [2.45, 2.75) is 0 Å². The quantitative estimate of drug-likeness (QED) is 0.867. The molecular formula is C13H13F2NO2S. The molecular weight excluding hydrogens is 272 g/mol. The van der Waals surface area contributed by atoms with Crippen LogP contribution in [-0.2, 0) is 4.79 Å². The van der Waals surface area contributed by atoms with Crippen molar-refractivity contribution in [3.63, 3.8) is 0 Å². The number of carboxylic acids is 1. The number of aliphatic carboxylic acids is 1. The molecule has 1 heterocycles. The Hall–Kier alpha value is -1.56. The van der Waals surface area contributed by atoms with Gasteiger partial charge in [-0.1, -0.05) is 0 Å². The molecule has 6 heteroatoms. The Morgan fingerprint density at radius 2 is 1.84 bits per heavy atom. The molecule has 3 nitrogen and oxygen atoms in total. The van der Waals surface area contributed by atoms with Crippen LogP contribution in [0.3, 0.4) is 0 Å². The van der Waals surface area contributed by atoms with E-state index in [0.717, 1.165) is 29.7 Å². The van der Waals surface area contributed by atoms with Gasteiger partial charge < -0.3 is 10.0 Å². The van der Waals surface area contributed by atoms with Crippen LogP contribution in [0.1, 0.15) is 5.56 Å². The van der Waals surface area contributed by atoms with E-state index in [-0.39, 0.29) is 11.3 Å². The van der Waals surface area contributed by atoms with Gasteiger partial charge in [0, 0.05) is 30.7 Å². The predicted octanol–water partition coefficient (Wildman–Crippen LogP) is 2.62. The summed E-state index contributed by atoms with van der Waals surface area (Å²) in [4.78, 5) is 12.1. The first kappa shape index (κ1) is 13.9. The molecule has 1 aromatic carbocycles. The number of benzene rings is 1. The molecule has 2 rings (SSSR count). The highest BCUT2D eigenvalue weighted by molar-refractivity contribution is 7.99. The molecule has 1 aliphatic rings. The number of carbonyl (C=O) groups is 1. The Kier molecular flexibility index (Phi) is 4.42.